The standard InChI is InChI=1S/C24H16BrClFN3O3/c25-21-12-15(11-16(13-28)24(32)30-20-8-4-18(27)5-9-20)1-10-22(21)33-14-23(31)29-19-6-2-17(26)3-7-19/h1-12H,14H2,(H,29,31)(H,30,32)/b16-11+. The Bertz CT molecular complexity index is 1240. The minimum absolute atomic E-state index is 0.137. The fourth-order valence-corrected chi connectivity index (χ4v) is 3.28. The third kappa shape index (κ3) is 7.17. The van der Waals surface area contributed by atoms with Gasteiger partial charge in [-0.3, -0.25) is 9.59 Å². The number of nitriles is 1. The van der Waals surface area contributed by atoms with Crippen molar-refractivity contribution >= 4 is 56.8 Å². The molecule has 0 atom stereocenters. The summed E-state index contributed by atoms with van der Waals surface area (Å²) in [5.74, 6) is -0.997. The Morgan fingerprint density at radius 1 is 1.03 bits per heavy atom. The van der Waals surface area contributed by atoms with E-state index in [1.54, 1.807) is 42.5 Å². The summed E-state index contributed by atoms with van der Waals surface area (Å²) in [6.07, 6.45) is 1.40. The van der Waals surface area contributed by atoms with Crippen LogP contribution in [0.15, 0.2) is 76.8 Å². The number of carbonyl (C=O) groups excluding carboxylic acids is 2. The van der Waals surface area contributed by atoms with Gasteiger partial charge < -0.3 is 15.4 Å². The summed E-state index contributed by atoms with van der Waals surface area (Å²) in [5, 5.41) is 15.2. The number of nitrogens with zero attached hydrogens (tertiary/aromatic N) is 1. The highest BCUT2D eigenvalue weighted by Gasteiger charge is 2.11. The van der Waals surface area contributed by atoms with Gasteiger partial charge in [-0.2, -0.15) is 5.26 Å². The molecule has 166 valence electrons. The zero-order valence-electron chi connectivity index (χ0n) is 16.9. The highest BCUT2D eigenvalue weighted by molar-refractivity contribution is 9.10. The molecule has 3 rings (SSSR count). The summed E-state index contributed by atoms with van der Waals surface area (Å²) in [7, 11) is 0. The Morgan fingerprint density at radius 2 is 1.67 bits per heavy atom. The Labute approximate surface area is 202 Å². The van der Waals surface area contributed by atoms with Crippen LogP contribution in [0.3, 0.4) is 0 Å². The van der Waals surface area contributed by atoms with Crippen LogP contribution in [0, 0.1) is 17.1 Å². The Morgan fingerprint density at radius 3 is 2.30 bits per heavy atom. The molecule has 33 heavy (non-hydrogen) atoms. The van der Waals surface area contributed by atoms with E-state index in [2.05, 4.69) is 26.6 Å². The van der Waals surface area contributed by atoms with E-state index in [4.69, 9.17) is 16.3 Å². The predicted molar refractivity (Wildman–Crippen MR) is 128 cm³/mol. The summed E-state index contributed by atoms with van der Waals surface area (Å²) < 4.78 is 19.1. The first-order valence-electron chi connectivity index (χ1n) is 9.50. The number of ether oxygens (including phenoxy) is 1. The van der Waals surface area contributed by atoms with Crippen LogP contribution in [-0.4, -0.2) is 18.4 Å². The van der Waals surface area contributed by atoms with Crippen molar-refractivity contribution in [3.05, 3.63) is 93.2 Å². The van der Waals surface area contributed by atoms with E-state index in [1.165, 1.54) is 30.3 Å². The first-order valence-corrected chi connectivity index (χ1v) is 10.7. The predicted octanol–water partition coefficient (Wildman–Crippen LogP) is 5.80. The lowest BCUT2D eigenvalue weighted by Gasteiger charge is -2.10. The van der Waals surface area contributed by atoms with Crippen molar-refractivity contribution in [3.63, 3.8) is 0 Å². The van der Waals surface area contributed by atoms with Gasteiger partial charge in [-0.1, -0.05) is 17.7 Å². The lowest BCUT2D eigenvalue weighted by atomic mass is 10.1. The molecule has 0 aliphatic heterocycles. The molecule has 0 unspecified atom stereocenters. The molecular weight excluding hydrogens is 513 g/mol. The lowest BCUT2D eigenvalue weighted by Crippen LogP contribution is -2.20. The number of amides is 2. The molecule has 0 aliphatic carbocycles. The highest BCUT2D eigenvalue weighted by atomic mass is 79.9. The normalized spacial score (nSPS) is 10.8. The molecule has 2 N–H and O–H groups in total. The van der Waals surface area contributed by atoms with Crippen molar-refractivity contribution in [2.45, 2.75) is 0 Å². The summed E-state index contributed by atoms with van der Waals surface area (Å²) in [5.41, 5.74) is 1.38. The molecule has 3 aromatic rings. The van der Waals surface area contributed by atoms with Gasteiger partial charge in [-0.25, -0.2) is 4.39 Å². The molecule has 0 saturated heterocycles. The Balaban J connectivity index is 1.62. The van der Waals surface area contributed by atoms with E-state index in [1.807, 2.05) is 6.07 Å². The second-order valence-corrected chi connectivity index (χ2v) is 7.96. The van der Waals surface area contributed by atoms with Crippen LogP contribution in [0.4, 0.5) is 15.8 Å². The Kier molecular flexibility index (Phi) is 8.19. The van der Waals surface area contributed by atoms with Gasteiger partial charge in [0.1, 0.15) is 23.2 Å². The van der Waals surface area contributed by atoms with Crippen LogP contribution in [-0.2, 0) is 9.59 Å². The van der Waals surface area contributed by atoms with Gasteiger partial charge in [0, 0.05) is 16.4 Å². The van der Waals surface area contributed by atoms with E-state index in [9.17, 15) is 19.2 Å². The third-order valence-electron chi connectivity index (χ3n) is 4.22. The van der Waals surface area contributed by atoms with Crippen molar-refractivity contribution in [1.82, 2.24) is 0 Å². The summed E-state index contributed by atoms with van der Waals surface area (Å²) >= 11 is 9.18. The Hall–Kier alpha value is -3.67. The summed E-state index contributed by atoms with van der Waals surface area (Å²) in [6.45, 7) is -0.222. The number of carbonyl (C=O) groups is 2. The number of anilines is 2. The first-order chi connectivity index (χ1) is 15.8. The van der Waals surface area contributed by atoms with Crippen LogP contribution in [0.25, 0.3) is 6.08 Å². The zero-order valence-corrected chi connectivity index (χ0v) is 19.3. The number of hydrogen-bond donors (Lipinski definition) is 2. The van der Waals surface area contributed by atoms with E-state index in [-0.39, 0.29) is 18.1 Å². The van der Waals surface area contributed by atoms with Crippen molar-refractivity contribution in [3.8, 4) is 11.8 Å². The molecule has 3 aromatic carbocycles. The minimum Gasteiger partial charge on any atom is -0.483 e. The maximum Gasteiger partial charge on any atom is 0.266 e. The monoisotopic (exact) mass is 527 g/mol. The van der Waals surface area contributed by atoms with Gasteiger partial charge in [0.25, 0.3) is 11.8 Å². The zero-order chi connectivity index (χ0) is 23.8. The molecule has 0 heterocycles. The quantitative estimate of drug-likeness (QED) is 0.299. The molecule has 0 bridgehead atoms. The van der Waals surface area contributed by atoms with Gasteiger partial charge in [-0.15, -0.1) is 0 Å². The number of rotatable bonds is 7. The van der Waals surface area contributed by atoms with Crippen LogP contribution >= 0.6 is 27.5 Å². The van der Waals surface area contributed by atoms with Gasteiger partial charge in [-0.05, 0) is 88.2 Å². The number of halogens is 3. The maximum atomic E-state index is 13.0. The second kappa shape index (κ2) is 11.3. The fourth-order valence-electron chi connectivity index (χ4n) is 2.64. The number of nitrogens with one attached hydrogen (secondary N) is 2. The van der Waals surface area contributed by atoms with Crippen molar-refractivity contribution in [2.24, 2.45) is 0 Å². The second-order valence-electron chi connectivity index (χ2n) is 6.66. The largest absolute Gasteiger partial charge is 0.483 e. The molecule has 9 heteroatoms. The van der Waals surface area contributed by atoms with Crippen LogP contribution in [0.2, 0.25) is 5.02 Å². The number of benzene rings is 3. The summed E-state index contributed by atoms with van der Waals surface area (Å²) in [4.78, 5) is 24.4. The first kappa shape index (κ1) is 24.0. The molecule has 0 saturated carbocycles. The van der Waals surface area contributed by atoms with E-state index >= 15 is 0 Å². The fraction of sp³-hybridized carbons (Fsp3) is 0.0417. The van der Waals surface area contributed by atoms with E-state index in [0.29, 0.717) is 32.2 Å². The van der Waals surface area contributed by atoms with Crippen molar-refractivity contribution in [2.75, 3.05) is 17.2 Å². The van der Waals surface area contributed by atoms with Crippen LogP contribution in [0.1, 0.15) is 5.56 Å². The average molecular weight is 529 g/mol. The van der Waals surface area contributed by atoms with Gasteiger partial charge >= 0.3 is 0 Å². The molecule has 6 nitrogen and oxygen atoms in total. The molecule has 2 amide bonds. The molecule has 0 aliphatic rings. The highest BCUT2D eigenvalue weighted by Crippen LogP contribution is 2.27. The smallest absolute Gasteiger partial charge is 0.266 e. The minimum atomic E-state index is -0.626. The average Bonchev–Trinajstić information content (AvgIpc) is 2.80. The van der Waals surface area contributed by atoms with Crippen LogP contribution < -0.4 is 15.4 Å². The maximum absolute atomic E-state index is 13.0. The molecule has 0 fully saturated rings. The van der Waals surface area contributed by atoms with Crippen molar-refractivity contribution < 1.29 is 18.7 Å². The lowest BCUT2D eigenvalue weighted by molar-refractivity contribution is -0.118. The molecular formula is C24H16BrClFN3O3. The van der Waals surface area contributed by atoms with Gasteiger partial charge in [0.05, 0.1) is 4.47 Å². The van der Waals surface area contributed by atoms with E-state index in [0.717, 1.165) is 0 Å². The SMILES string of the molecule is N#C/C(=C\c1ccc(OCC(=O)Nc2ccc(Cl)cc2)c(Br)c1)C(=O)Nc1ccc(F)cc1. The van der Waals surface area contributed by atoms with Gasteiger partial charge in [0.15, 0.2) is 6.61 Å². The van der Waals surface area contributed by atoms with Gasteiger partial charge in [0.2, 0.25) is 0 Å². The molecule has 0 aromatic heterocycles. The van der Waals surface area contributed by atoms with Crippen LogP contribution in [0.5, 0.6) is 5.75 Å². The van der Waals surface area contributed by atoms with E-state index < -0.39 is 11.7 Å². The molecule has 0 radical (unpaired) electrons. The number of hydrogen-bond acceptors (Lipinski definition) is 4. The van der Waals surface area contributed by atoms with Crippen molar-refractivity contribution in [1.29, 1.82) is 5.26 Å². The third-order valence-corrected chi connectivity index (χ3v) is 5.09. The summed E-state index contributed by atoms with van der Waals surface area (Å²) in [6, 6.07) is 18.6. The molecule has 0 spiro atoms. The topological polar surface area (TPSA) is 91.2 Å².